The second kappa shape index (κ2) is 6.64. The first-order valence-electron chi connectivity index (χ1n) is 12.1. The number of hydrogen-bond donors (Lipinski definition) is 0. The Balaban J connectivity index is 1.86. The molecule has 2 aromatic carbocycles. The first kappa shape index (κ1) is 11.4. The summed E-state index contributed by atoms with van der Waals surface area (Å²) in [5, 5.41) is 0. The van der Waals surface area contributed by atoms with Gasteiger partial charge in [0.25, 0.3) is 0 Å². The molecule has 0 radical (unpaired) electrons. The summed E-state index contributed by atoms with van der Waals surface area (Å²) in [6.45, 7) is -5.70. The van der Waals surface area contributed by atoms with E-state index in [2.05, 4.69) is 4.98 Å². The molecule has 0 saturated carbocycles. The molecule has 0 amide bonds. The van der Waals surface area contributed by atoms with Crippen molar-refractivity contribution in [2.45, 2.75) is 13.7 Å². The number of hydrogen-bond acceptors (Lipinski definition) is 3. The lowest BCUT2D eigenvalue weighted by Gasteiger charge is -2.36. The van der Waals surface area contributed by atoms with Gasteiger partial charge in [0.2, 0.25) is 0 Å². The van der Waals surface area contributed by atoms with E-state index in [0.717, 1.165) is 11.3 Å². The first-order valence-corrected chi connectivity index (χ1v) is 9.06. The average molecular weight is 367 g/mol. The molecule has 0 atom stereocenters. The number of aromatic nitrogens is 1. The predicted molar refractivity (Wildman–Crippen MR) is 118 cm³/mol. The zero-order valence-electron chi connectivity index (χ0n) is 21.0. The van der Waals surface area contributed by atoms with E-state index in [1.165, 1.54) is 18.2 Å². The van der Waals surface area contributed by atoms with Crippen molar-refractivity contribution in [3.05, 3.63) is 96.3 Å². The van der Waals surface area contributed by atoms with E-state index in [1.807, 2.05) is 59.4 Å². The minimum atomic E-state index is -2.50. The lowest BCUT2D eigenvalue weighted by molar-refractivity contribution is 0.863. The van der Waals surface area contributed by atoms with Crippen LogP contribution < -0.4 is 10.9 Å². The van der Waals surface area contributed by atoms with Crippen molar-refractivity contribution in [3.63, 3.8) is 0 Å². The van der Waals surface area contributed by atoms with Crippen molar-refractivity contribution in [3.8, 4) is 11.3 Å². The third kappa shape index (κ3) is 2.61. The SMILES string of the molecule is [2H]C([2H])([2H])c1cccc(C([2H])([2H])[2H])c1B1c2cccc(-c3ccccn3)c2N=C2C=CC=CN12. The number of fused-ring (bicyclic) bond motifs is 2. The Labute approximate surface area is 174 Å². The monoisotopic (exact) mass is 367 g/mol. The van der Waals surface area contributed by atoms with Crippen LogP contribution in [0.4, 0.5) is 5.69 Å². The third-order valence-electron chi connectivity index (χ3n) is 5.05. The number of benzene rings is 2. The summed E-state index contributed by atoms with van der Waals surface area (Å²) in [5.74, 6) is 0.597. The van der Waals surface area contributed by atoms with E-state index < -0.39 is 20.6 Å². The molecule has 0 aliphatic carbocycles. The van der Waals surface area contributed by atoms with Crippen LogP contribution in [0, 0.1) is 13.7 Å². The van der Waals surface area contributed by atoms with Gasteiger partial charge in [-0.05, 0) is 55.1 Å². The van der Waals surface area contributed by atoms with E-state index in [1.54, 1.807) is 12.4 Å². The van der Waals surface area contributed by atoms with Crippen molar-refractivity contribution in [2.75, 3.05) is 0 Å². The molecule has 3 aromatic rings. The first-order chi connectivity index (χ1) is 16.2. The fourth-order valence-electron chi connectivity index (χ4n) is 3.81. The number of para-hydroxylation sites is 1. The zero-order chi connectivity index (χ0) is 24.1. The van der Waals surface area contributed by atoms with Crippen LogP contribution in [0.3, 0.4) is 0 Å². The fraction of sp³-hybridized carbons (Fsp3) is 0.0833. The maximum absolute atomic E-state index is 8.19. The summed E-state index contributed by atoms with van der Waals surface area (Å²) in [4.78, 5) is 11.2. The summed E-state index contributed by atoms with van der Waals surface area (Å²) in [7, 11) is 0. The standard InChI is InChI=1S/C24H20BN3/c1-17-9-7-10-18(2)23(17)25-20-12-8-11-19(21-13-3-5-15-26-21)24(20)27-22-14-4-6-16-28(22)25/h3-16H,1-2H3/i1D3,2D3. The second-order valence-corrected chi connectivity index (χ2v) is 6.71. The van der Waals surface area contributed by atoms with Gasteiger partial charge < -0.3 is 4.81 Å². The van der Waals surface area contributed by atoms with Crippen molar-refractivity contribution < 1.29 is 8.22 Å². The quantitative estimate of drug-likeness (QED) is 0.643. The van der Waals surface area contributed by atoms with Crippen molar-refractivity contribution in [1.29, 1.82) is 0 Å². The highest BCUT2D eigenvalue weighted by molar-refractivity contribution is 6.87. The second-order valence-electron chi connectivity index (χ2n) is 6.71. The van der Waals surface area contributed by atoms with Crippen molar-refractivity contribution in [2.24, 2.45) is 4.99 Å². The number of nitrogens with zero attached hydrogens (tertiary/aromatic N) is 3. The minimum absolute atomic E-state index is 0.0181. The fourth-order valence-corrected chi connectivity index (χ4v) is 3.81. The Kier molecular flexibility index (Phi) is 2.72. The molecule has 2 aliphatic rings. The normalized spacial score (nSPS) is 18.6. The van der Waals surface area contributed by atoms with Crippen LogP contribution in [-0.4, -0.2) is 22.5 Å². The minimum Gasteiger partial charge on any atom is -0.368 e. The maximum Gasteiger partial charge on any atom is 0.331 e. The number of allylic oxidation sites excluding steroid dienone is 2. The molecule has 5 rings (SSSR count). The summed E-state index contributed by atoms with van der Waals surface area (Å²) >= 11 is 0. The molecule has 2 aliphatic heterocycles. The van der Waals surface area contributed by atoms with Crippen LogP contribution in [0.25, 0.3) is 11.3 Å². The smallest absolute Gasteiger partial charge is 0.331 e. The Hall–Kier alpha value is -3.40. The van der Waals surface area contributed by atoms with E-state index in [9.17, 15) is 0 Å². The average Bonchev–Trinajstić information content (AvgIpc) is 2.81. The summed E-state index contributed by atoms with van der Waals surface area (Å²) < 4.78 is 49.1. The van der Waals surface area contributed by atoms with Gasteiger partial charge >= 0.3 is 6.85 Å². The van der Waals surface area contributed by atoms with E-state index in [0.29, 0.717) is 17.0 Å². The van der Waals surface area contributed by atoms with Gasteiger partial charge in [-0.1, -0.05) is 59.7 Å². The third-order valence-corrected chi connectivity index (χ3v) is 5.05. The van der Waals surface area contributed by atoms with Gasteiger partial charge in [0.05, 0.1) is 11.4 Å². The van der Waals surface area contributed by atoms with E-state index in [4.69, 9.17) is 13.2 Å². The van der Waals surface area contributed by atoms with Crippen LogP contribution in [0.5, 0.6) is 0 Å². The zero-order valence-corrected chi connectivity index (χ0v) is 15.0. The molecule has 0 N–H and O–H groups in total. The number of aliphatic imine (C=N–C) groups is 1. The molecule has 0 unspecified atom stereocenters. The van der Waals surface area contributed by atoms with Gasteiger partial charge in [-0.15, -0.1) is 0 Å². The van der Waals surface area contributed by atoms with Gasteiger partial charge in [0.1, 0.15) is 5.84 Å². The molecule has 0 fully saturated rings. The van der Waals surface area contributed by atoms with Gasteiger partial charge in [-0.25, -0.2) is 4.99 Å². The molecule has 3 heterocycles. The molecule has 134 valence electrons. The summed E-state index contributed by atoms with van der Waals surface area (Å²) in [6.07, 6.45) is 9.01. The highest BCUT2D eigenvalue weighted by atomic mass is 15.1. The van der Waals surface area contributed by atoms with Crippen LogP contribution in [0.2, 0.25) is 0 Å². The van der Waals surface area contributed by atoms with Crippen molar-refractivity contribution >= 4 is 29.3 Å². The molecule has 0 saturated heterocycles. The topological polar surface area (TPSA) is 28.5 Å². The van der Waals surface area contributed by atoms with Gasteiger partial charge in [0.15, 0.2) is 0 Å². The van der Waals surface area contributed by atoms with Gasteiger partial charge in [-0.2, -0.15) is 0 Å². The van der Waals surface area contributed by atoms with Crippen LogP contribution in [0.15, 0.2) is 90.2 Å². The molecule has 3 nitrogen and oxygen atoms in total. The highest BCUT2D eigenvalue weighted by Gasteiger charge is 2.37. The Morgan fingerprint density at radius 2 is 1.79 bits per heavy atom. The molecular weight excluding hydrogens is 341 g/mol. The summed E-state index contributed by atoms with van der Waals surface area (Å²) in [6, 6.07) is 15.8. The lowest BCUT2D eigenvalue weighted by Crippen LogP contribution is -2.59. The van der Waals surface area contributed by atoms with Crippen molar-refractivity contribution in [1.82, 2.24) is 9.79 Å². The van der Waals surface area contributed by atoms with Crippen LogP contribution >= 0.6 is 0 Å². The Bertz CT molecular complexity index is 1310. The summed E-state index contributed by atoms with van der Waals surface area (Å²) in [5.41, 5.74) is 3.18. The number of pyridine rings is 1. The largest absolute Gasteiger partial charge is 0.368 e. The Morgan fingerprint density at radius 3 is 2.57 bits per heavy atom. The number of rotatable bonds is 2. The van der Waals surface area contributed by atoms with Gasteiger partial charge in [0, 0.05) is 20.0 Å². The van der Waals surface area contributed by atoms with Crippen LogP contribution in [-0.2, 0) is 0 Å². The number of amidine groups is 1. The highest BCUT2D eigenvalue weighted by Crippen LogP contribution is 2.31. The predicted octanol–water partition coefficient (Wildman–Crippen LogP) is 3.90. The molecule has 28 heavy (non-hydrogen) atoms. The molecule has 0 bridgehead atoms. The lowest BCUT2D eigenvalue weighted by atomic mass is 9.46. The molecule has 4 heteroatoms. The van der Waals surface area contributed by atoms with Crippen LogP contribution in [0.1, 0.15) is 19.4 Å². The van der Waals surface area contributed by atoms with E-state index in [-0.39, 0.29) is 16.6 Å². The van der Waals surface area contributed by atoms with E-state index >= 15 is 0 Å². The Morgan fingerprint density at radius 1 is 0.929 bits per heavy atom. The number of aryl methyl sites for hydroxylation is 2. The molecular formula is C24H20BN3. The van der Waals surface area contributed by atoms with Gasteiger partial charge in [-0.3, -0.25) is 4.98 Å². The maximum atomic E-state index is 8.19. The molecule has 1 aromatic heterocycles. The molecule has 0 spiro atoms.